The number of unbranched alkanes of at least 4 members (excludes halogenated alkanes) is 3. The molecule has 0 aliphatic heterocycles. The van der Waals surface area contributed by atoms with Crippen LogP contribution in [0.5, 0.6) is 11.5 Å². The third-order valence-corrected chi connectivity index (χ3v) is 4.79. The van der Waals surface area contributed by atoms with Crippen LogP contribution in [0.4, 0.5) is 0 Å². The van der Waals surface area contributed by atoms with Crippen molar-refractivity contribution < 1.29 is 19.1 Å². The van der Waals surface area contributed by atoms with Crippen LogP contribution in [0.1, 0.15) is 36.8 Å². The van der Waals surface area contributed by atoms with Gasteiger partial charge in [-0.25, -0.2) is 0 Å². The van der Waals surface area contributed by atoms with Gasteiger partial charge in [-0.15, -0.1) is 0 Å². The lowest BCUT2D eigenvalue weighted by Gasteiger charge is -2.04. The average molecular weight is 437 g/mol. The first-order valence-electron chi connectivity index (χ1n) is 10.8. The number of hydrogen-bond donors (Lipinski definition) is 2. The summed E-state index contributed by atoms with van der Waals surface area (Å²) in [7, 11) is 3.24. The standard InChI is InChI=1S/C26H32N2O4/c1-31-23-13-7-21(8-14-23)11-17-25(29)27-19-5-3-4-6-20-28-26(30)18-12-22-9-15-24(32-2)16-10-22/h7-18H,3-6,19-20H2,1-2H3,(H,27,29)(H,28,30)/b17-11+,18-12+. The number of ether oxygens (including phenoxy) is 2. The lowest BCUT2D eigenvalue weighted by Crippen LogP contribution is -2.23. The maximum Gasteiger partial charge on any atom is 0.243 e. The van der Waals surface area contributed by atoms with Gasteiger partial charge < -0.3 is 20.1 Å². The van der Waals surface area contributed by atoms with Crippen molar-refractivity contribution in [3.8, 4) is 11.5 Å². The molecule has 0 saturated carbocycles. The molecular formula is C26H32N2O4. The van der Waals surface area contributed by atoms with Crippen molar-refractivity contribution in [2.75, 3.05) is 27.3 Å². The van der Waals surface area contributed by atoms with Crippen molar-refractivity contribution in [1.29, 1.82) is 0 Å². The van der Waals surface area contributed by atoms with Crippen molar-refractivity contribution in [1.82, 2.24) is 10.6 Å². The zero-order valence-corrected chi connectivity index (χ0v) is 18.8. The van der Waals surface area contributed by atoms with Gasteiger partial charge in [0.1, 0.15) is 11.5 Å². The van der Waals surface area contributed by atoms with E-state index in [0.717, 1.165) is 48.3 Å². The van der Waals surface area contributed by atoms with E-state index in [0.29, 0.717) is 13.1 Å². The second-order valence-electron chi connectivity index (χ2n) is 7.21. The van der Waals surface area contributed by atoms with Gasteiger partial charge in [-0.2, -0.15) is 0 Å². The predicted octanol–water partition coefficient (Wildman–Crippen LogP) is 4.22. The van der Waals surface area contributed by atoms with Gasteiger partial charge in [0, 0.05) is 25.2 Å². The van der Waals surface area contributed by atoms with Gasteiger partial charge in [0.05, 0.1) is 14.2 Å². The summed E-state index contributed by atoms with van der Waals surface area (Å²) < 4.78 is 10.2. The van der Waals surface area contributed by atoms with Gasteiger partial charge in [-0.05, 0) is 60.4 Å². The summed E-state index contributed by atoms with van der Waals surface area (Å²) in [6.45, 7) is 1.28. The molecule has 2 amide bonds. The van der Waals surface area contributed by atoms with Crippen LogP contribution in [0.3, 0.4) is 0 Å². The van der Waals surface area contributed by atoms with Crippen LogP contribution < -0.4 is 20.1 Å². The molecule has 32 heavy (non-hydrogen) atoms. The molecule has 0 spiro atoms. The van der Waals surface area contributed by atoms with E-state index in [1.54, 1.807) is 26.4 Å². The number of hydrogen-bond acceptors (Lipinski definition) is 4. The first-order chi connectivity index (χ1) is 15.6. The molecule has 0 aliphatic carbocycles. The number of methoxy groups -OCH3 is 2. The third-order valence-electron chi connectivity index (χ3n) is 4.79. The van der Waals surface area contributed by atoms with E-state index in [-0.39, 0.29) is 11.8 Å². The minimum absolute atomic E-state index is 0.100. The molecule has 0 saturated heterocycles. The highest BCUT2D eigenvalue weighted by atomic mass is 16.5. The van der Waals surface area contributed by atoms with Gasteiger partial charge in [-0.1, -0.05) is 37.1 Å². The van der Waals surface area contributed by atoms with E-state index >= 15 is 0 Å². The predicted molar refractivity (Wildman–Crippen MR) is 129 cm³/mol. The zero-order chi connectivity index (χ0) is 23.0. The fourth-order valence-corrected chi connectivity index (χ4v) is 2.92. The Morgan fingerprint density at radius 3 is 1.38 bits per heavy atom. The minimum Gasteiger partial charge on any atom is -0.497 e. The SMILES string of the molecule is COc1ccc(/C=C/C(=O)NCCCCCCNC(=O)/C=C/c2ccc(OC)cc2)cc1. The topological polar surface area (TPSA) is 76.7 Å². The molecule has 0 aliphatic rings. The summed E-state index contributed by atoms with van der Waals surface area (Å²) in [4.78, 5) is 23.7. The molecule has 0 radical (unpaired) electrons. The smallest absolute Gasteiger partial charge is 0.243 e. The molecule has 0 unspecified atom stereocenters. The molecule has 0 atom stereocenters. The highest BCUT2D eigenvalue weighted by molar-refractivity contribution is 5.92. The normalized spacial score (nSPS) is 10.9. The Morgan fingerprint density at radius 2 is 1.03 bits per heavy atom. The highest BCUT2D eigenvalue weighted by Gasteiger charge is 1.98. The number of carbonyl (C=O) groups excluding carboxylic acids is 2. The molecular weight excluding hydrogens is 404 g/mol. The van der Waals surface area contributed by atoms with Crippen LogP contribution >= 0.6 is 0 Å². The van der Waals surface area contributed by atoms with Gasteiger partial charge in [0.25, 0.3) is 0 Å². The van der Waals surface area contributed by atoms with Crippen molar-refractivity contribution >= 4 is 24.0 Å². The maximum absolute atomic E-state index is 11.9. The van der Waals surface area contributed by atoms with Crippen LogP contribution in [0, 0.1) is 0 Å². The summed E-state index contributed by atoms with van der Waals surface area (Å²) in [5, 5.41) is 5.77. The quantitative estimate of drug-likeness (QED) is 0.364. The summed E-state index contributed by atoms with van der Waals surface area (Å²) in [6, 6.07) is 15.0. The van der Waals surface area contributed by atoms with Gasteiger partial charge in [-0.3, -0.25) is 9.59 Å². The molecule has 0 fully saturated rings. The number of amides is 2. The number of nitrogens with one attached hydrogen (secondary N) is 2. The van der Waals surface area contributed by atoms with E-state index in [9.17, 15) is 9.59 Å². The van der Waals surface area contributed by atoms with E-state index in [1.165, 1.54) is 12.2 Å². The van der Waals surface area contributed by atoms with E-state index in [1.807, 2.05) is 48.5 Å². The Kier molecular flexibility index (Phi) is 11.2. The fourth-order valence-electron chi connectivity index (χ4n) is 2.92. The molecule has 2 N–H and O–H groups in total. The molecule has 0 heterocycles. The Labute approximate surface area is 190 Å². The first kappa shape index (κ1) is 24.7. The largest absolute Gasteiger partial charge is 0.497 e. The average Bonchev–Trinajstić information content (AvgIpc) is 2.83. The summed E-state index contributed by atoms with van der Waals surface area (Å²) in [6.07, 6.45) is 10.5. The van der Waals surface area contributed by atoms with Crippen LogP contribution in [-0.4, -0.2) is 39.1 Å². The molecule has 6 nitrogen and oxygen atoms in total. The number of benzene rings is 2. The molecule has 0 bridgehead atoms. The summed E-state index contributed by atoms with van der Waals surface area (Å²) >= 11 is 0. The van der Waals surface area contributed by atoms with Crippen molar-refractivity contribution in [3.63, 3.8) is 0 Å². The van der Waals surface area contributed by atoms with Gasteiger partial charge in [0.2, 0.25) is 11.8 Å². The second-order valence-corrected chi connectivity index (χ2v) is 7.21. The molecule has 2 rings (SSSR count). The van der Waals surface area contributed by atoms with E-state index in [4.69, 9.17) is 9.47 Å². The van der Waals surface area contributed by atoms with Gasteiger partial charge >= 0.3 is 0 Å². The third kappa shape index (κ3) is 9.98. The van der Waals surface area contributed by atoms with E-state index in [2.05, 4.69) is 10.6 Å². The lowest BCUT2D eigenvalue weighted by molar-refractivity contribution is -0.117. The molecule has 0 aromatic heterocycles. The highest BCUT2D eigenvalue weighted by Crippen LogP contribution is 2.13. The molecule has 170 valence electrons. The van der Waals surface area contributed by atoms with Gasteiger partial charge in [0.15, 0.2) is 0 Å². The van der Waals surface area contributed by atoms with Crippen LogP contribution in [-0.2, 0) is 9.59 Å². The van der Waals surface area contributed by atoms with Crippen LogP contribution in [0.25, 0.3) is 12.2 Å². The van der Waals surface area contributed by atoms with Crippen LogP contribution in [0.15, 0.2) is 60.7 Å². The van der Waals surface area contributed by atoms with Crippen LogP contribution in [0.2, 0.25) is 0 Å². The Morgan fingerprint density at radius 1 is 0.656 bits per heavy atom. The summed E-state index contributed by atoms with van der Waals surface area (Å²) in [5.74, 6) is 1.38. The Balaban J connectivity index is 1.49. The van der Waals surface area contributed by atoms with E-state index < -0.39 is 0 Å². The first-order valence-corrected chi connectivity index (χ1v) is 10.8. The Hall–Kier alpha value is -3.54. The Bertz CT molecular complexity index is 812. The molecule has 6 heteroatoms. The summed E-state index contributed by atoms with van der Waals surface area (Å²) in [5.41, 5.74) is 1.89. The molecule has 2 aromatic rings. The maximum atomic E-state index is 11.9. The number of carbonyl (C=O) groups is 2. The van der Waals surface area contributed by atoms with Crippen molar-refractivity contribution in [3.05, 3.63) is 71.8 Å². The lowest BCUT2D eigenvalue weighted by atomic mass is 10.2. The zero-order valence-electron chi connectivity index (χ0n) is 18.8. The van der Waals surface area contributed by atoms with Crippen molar-refractivity contribution in [2.24, 2.45) is 0 Å². The van der Waals surface area contributed by atoms with Crippen molar-refractivity contribution in [2.45, 2.75) is 25.7 Å². The molecule has 2 aromatic carbocycles. The second kappa shape index (κ2) is 14.5. The number of rotatable bonds is 13. The monoisotopic (exact) mass is 436 g/mol. The minimum atomic E-state index is -0.100. The fraction of sp³-hybridized carbons (Fsp3) is 0.308.